The number of carbonyl (C=O) groups excluding carboxylic acids is 1. The molecule has 5 saturated carbocycles. The zero-order chi connectivity index (χ0) is 27.4. The number of fused-ring (bicyclic) bond motifs is 3. The van der Waals surface area contributed by atoms with Crippen molar-refractivity contribution in [2.75, 3.05) is 24.7 Å². The Kier molecular flexibility index (Phi) is 6.27. The number of anilines is 1. The first-order valence-corrected chi connectivity index (χ1v) is 15.7. The molecule has 1 saturated heterocycles. The van der Waals surface area contributed by atoms with Crippen LogP contribution in [0.2, 0.25) is 0 Å². The van der Waals surface area contributed by atoms with Gasteiger partial charge in [-0.3, -0.25) is 4.79 Å². The summed E-state index contributed by atoms with van der Waals surface area (Å²) in [5, 5.41) is 8.56. The summed E-state index contributed by atoms with van der Waals surface area (Å²) in [5.74, 6) is 4.48. The van der Waals surface area contributed by atoms with Crippen LogP contribution < -0.4 is 4.90 Å². The van der Waals surface area contributed by atoms with Gasteiger partial charge in [0.1, 0.15) is 0 Å². The summed E-state index contributed by atoms with van der Waals surface area (Å²) in [6.07, 6.45) is 13.7. The van der Waals surface area contributed by atoms with E-state index in [0.717, 1.165) is 93.1 Å². The molecule has 1 aromatic carbocycles. The molecule has 41 heavy (non-hydrogen) atoms. The minimum Gasteiger partial charge on any atom is -0.381 e. The summed E-state index contributed by atoms with van der Waals surface area (Å²) < 4.78 is 17.1. The van der Waals surface area contributed by atoms with Gasteiger partial charge in [0.2, 0.25) is 11.8 Å². The Morgan fingerprint density at radius 2 is 1.68 bits per heavy atom. The van der Waals surface area contributed by atoms with E-state index in [2.05, 4.69) is 32.3 Å². The molecule has 3 aromatic rings. The number of aromatic nitrogens is 4. The smallest absolute Gasteiger partial charge is 0.257 e. The van der Waals surface area contributed by atoms with Gasteiger partial charge in [-0.1, -0.05) is 16.4 Å². The first-order chi connectivity index (χ1) is 20.1. The third kappa shape index (κ3) is 5.00. The lowest BCUT2D eigenvalue weighted by molar-refractivity contribution is -0.126. The summed E-state index contributed by atoms with van der Waals surface area (Å²) in [7, 11) is 0. The highest BCUT2D eigenvalue weighted by molar-refractivity contribution is 5.95. The fraction of sp³-hybridized carbons (Fsp3) is 0.656. The van der Waals surface area contributed by atoms with E-state index >= 15 is 0 Å². The van der Waals surface area contributed by atoms with E-state index in [-0.39, 0.29) is 22.7 Å². The van der Waals surface area contributed by atoms with E-state index in [1.165, 1.54) is 25.7 Å². The van der Waals surface area contributed by atoms with Crippen LogP contribution in [0.3, 0.4) is 0 Å². The van der Waals surface area contributed by atoms with Gasteiger partial charge < -0.3 is 18.7 Å². The summed E-state index contributed by atoms with van der Waals surface area (Å²) in [6, 6.07) is 8.14. The van der Waals surface area contributed by atoms with Crippen LogP contribution in [0.25, 0.3) is 11.5 Å². The lowest BCUT2D eigenvalue weighted by Gasteiger charge is -2.53. The molecule has 216 valence electrons. The summed E-state index contributed by atoms with van der Waals surface area (Å²) in [5.41, 5.74) is 1.89. The van der Waals surface area contributed by atoms with Crippen LogP contribution in [0.5, 0.6) is 0 Å². The molecule has 1 aliphatic heterocycles. The number of nitrogens with zero attached hydrogens (tertiary/aromatic N) is 5. The highest BCUT2D eigenvalue weighted by Gasteiger charge is 2.53. The van der Waals surface area contributed by atoms with E-state index < -0.39 is 0 Å². The highest BCUT2D eigenvalue weighted by atomic mass is 16.5. The number of hydrogen-bond donors (Lipinski definition) is 0. The van der Waals surface area contributed by atoms with Crippen LogP contribution in [0.1, 0.15) is 101 Å². The van der Waals surface area contributed by atoms with Crippen molar-refractivity contribution in [2.24, 2.45) is 17.3 Å². The second-order valence-electron chi connectivity index (χ2n) is 13.5. The summed E-state index contributed by atoms with van der Waals surface area (Å²) >= 11 is 0. The molecule has 3 heterocycles. The molecule has 5 aliphatic carbocycles. The fourth-order valence-corrected chi connectivity index (χ4v) is 7.42. The van der Waals surface area contributed by atoms with Crippen molar-refractivity contribution in [3.05, 3.63) is 41.8 Å². The molecule has 1 amide bonds. The first kappa shape index (κ1) is 25.6. The molecule has 9 heteroatoms. The number of rotatable bonds is 9. The van der Waals surface area contributed by atoms with Gasteiger partial charge in [0.05, 0.1) is 0 Å². The maximum Gasteiger partial charge on any atom is 0.257 e. The van der Waals surface area contributed by atoms with Crippen LogP contribution >= 0.6 is 0 Å². The van der Waals surface area contributed by atoms with Gasteiger partial charge >= 0.3 is 0 Å². The number of hydrogen-bond acceptors (Lipinski definition) is 8. The van der Waals surface area contributed by atoms with Gasteiger partial charge in [0.25, 0.3) is 5.89 Å². The quantitative estimate of drug-likeness (QED) is 0.315. The third-order valence-electron chi connectivity index (χ3n) is 10.6. The van der Waals surface area contributed by atoms with Crippen LogP contribution in [-0.4, -0.2) is 45.9 Å². The largest absolute Gasteiger partial charge is 0.381 e. The standard InChI is InChI=1S/C32H39N5O4/c38-29(23-8-16-39-17-9-23)37(25-3-1-2-24(19-25)28-33-26(35-40-28)18-21-4-5-21)20-31-10-13-32(14-11-31,15-12-31)30-34-27(36-41-30)22-6-7-22/h1-3,19,21-23H,4-18,20H2. The summed E-state index contributed by atoms with van der Waals surface area (Å²) in [4.78, 5) is 25.8. The molecule has 2 aromatic heterocycles. The van der Waals surface area contributed by atoms with Gasteiger partial charge in [-0.05, 0) is 107 Å². The molecule has 0 N–H and O–H groups in total. The zero-order valence-corrected chi connectivity index (χ0v) is 23.7. The fourth-order valence-electron chi connectivity index (χ4n) is 7.42. The number of carbonyl (C=O) groups is 1. The second-order valence-corrected chi connectivity index (χ2v) is 13.5. The highest BCUT2D eigenvalue weighted by Crippen LogP contribution is 2.58. The molecule has 6 aliphatic rings. The average Bonchev–Trinajstić information content (AvgIpc) is 3.95. The Hall–Kier alpha value is -3.07. The van der Waals surface area contributed by atoms with Crippen molar-refractivity contribution in [3.8, 4) is 11.5 Å². The molecule has 0 atom stereocenters. The number of ether oxygens (including phenoxy) is 1. The second kappa shape index (κ2) is 10.0. The van der Waals surface area contributed by atoms with Crippen LogP contribution in [0.15, 0.2) is 33.3 Å². The Balaban J connectivity index is 1.04. The Labute approximate surface area is 240 Å². The van der Waals surface area contributed by atoms with Crippen molar-refractivity contribution in [3.63, 3.8) is 0 Å². The molecule has 0 unspecified atom stereocenters. The van der Waals surface area contributed by atoms with Crippen LogP contribution in [-0.2, 0) is 21.4 Å². The zero-order valence-electron chi connectivity index (χ0n) is 23.7. The molecule has 6 fully saturated rings. The molecule has 2 bridgehead atoms. The molecule has 0 radical (unpaired) electrons. The predicted molar refractivity (Wildman–Crippen MR) is 150 cm³/mol. The lowest BCUT2D eigenvalue weighted by Crippen LogP contribution is -2.52. The molecular weight excluding hydrogens is 518 g/mol. The number of benzene rings is 1. The van der Waals surface area contributed by atoms with E-state index in [0.29, 0.717) is 30.9 Å². The van der Waals surface area contributed by atoms with Crippen molar-refractivity contribution in [1.82, 2.24) is 20.3 Å². The van der Waals surface area contributed by atoms with Crippen LogP contribution in [0.4, 0.5) is 5.69 Å². The molecule has 0 spiro atoms. The lowest BCUT2D eigenvalue weighted by atomic mass is 9.53. The Morgan fingerprint density at radius 3 is 2.41 bits per heavy atom. The van der Waals surface area contributed by atoms with Crippen molar-refractivity contribution in [2.45, 2.75) is 94.8 Å². The molecular formula is C32H39N5O4. The van der Waals surface area contributed by atoms with Gasteiger partial charge in [-0.25, -0.2) is 0 Å². The predicted octanol–water partition coefficient (Wildman–Crippen LogP) is 6.00. The minimum absolute atomic E-state index is 0.00742. The van der Waals surface area contributed by atoms with Crippen LogP contribution in [0, 0.1) is 17.3 Å². The maximum absolute atomic E-state index is 14.2. The topological polar surface area (TPSA) is 107 Å². The van der Waals surface area contributed by atoms with Crippen molar-refractivity contribution < 1.29 is 18.6 Å². The van der Waals surface area contributed by atoms with Gasteiger partial charge in [0.15, 0.2) is 11.6 Å². The average molecular weight is 558 g/mol. The van der Waals surface area contributed by atoms with Crippen molar-refractivity contribution >= 4 is 11.6 Å². The SMILES string of the molecule is O=C(C1CCOCC1)N(CC12CCC(c3nc(C4CC4)no3)(CC1)CC2)c1cccc(-c2nc(CC3CC3)no2)c1. The monoisotopic (exact) mass is 557 g/mol. The Morgan fingerprint density at radius 1 is 0.902 bits per heavy atom. The molecule has 9 nitrogen and oxygen atoms in total. The van der Waals surface area contributed by atoms with E-state index in [9.17, 15) is 4.79 Å². The first-order valence-electron chi connectivity index (χ1n) is 15.7. The van der Waals surface area contributed by atoms with Crippen molar-refractivity contribution in [1.29, 1.82) is 0 Å². The van der Waals surface area contributed by atoms with Gasteiger partial charge in [-0.2, -0.15) is 9.97 Å². The van der Waals surface area contributed by atoms with E-state index in [1.807, 2.05) is 12.1 Å². The normalized spacial score (nSPS) is 28.2. The third-order valence-corrected chi connectivity index (χ3v) is 10.6. The minimum atomic E-state index is -0.0112. The number of amides is 1. The van der Waals surface area contributed by atoms with Gasteiger partial charge in [0, 0.05) is 54.7 Å². The maximum atomic E-state index is 14.2. The van der Waals surface area contributed by atoms with E-state index in [4.69, 9.17) is 18.8 Å². The summed E-state index contributed by atoms with van der Waals surface area (Å²) in [6.45, 7) is 2.03. The van der Waals surface area contributed by atoms with E-state index in [1.54, 1.807) is 0 Å². The van der Waals surface area contributed by atoms with Gasteiger partial charge in [-0.15, -0.1) is 0 Å². The Bertz CT molecular complexity index is 1390. The molecule has 9 rings (SSSR count).